The van der Waals surface area contributed by atoms with Crippen molar-refractivity contribution >= 4 is 31.6 Å². The highest BCUT2D eigenvalue weighted by atomic mass is 32.2. The number of piperidine rings is 1. The fraction of sp³-hybridized carbons (Fsp3) is 0.435. The SMILES string of the molecule is CC1CCN([C@H](CNS(=O)(=O)c2ccc(N3C(=O)CCS3(=O)=O)cc2)c2ccccc2)CC1. The smallest absolute Gasteiger partial charge is 0.242 e. The number of likely N-dealkylation sites (tertiary alicyclic amines) is 1. The monoisotopic (exact) mass is 491 g/mol. The fourth-order valence-electron chi connectivity index (χ4n) is 4.37. The Labute approximate surface area is 195 Å². The number of nitrogens with zero attached hydrogens (tertiary/aromatic N) is 2. The number of carbonyl (C=O) groups excluding carboxylic acids is 1. The summed E-state index contributed by atoms with van der Waals surface area (Å²) < 4.78 is 53.7. The Morgan fingerprint density at radius 2 is 1.67 bits per heavy atom. The molecular formula is C23H29N3O5S2. The number of rotatable bonds is 7. The molecule has 8 nitrogen and oxygen atoms in total. The maximum atomic E-state index is 13.0. The molecule has 2 aromatic carbocycles. The van der Waals surface area contributed by atoms with E-state index in [9.17, 15) is 21.6 Å². The minimum absolute atomic E-state index is 0.0226. The largest absolute Gasteiger partial charge is 0.295 e. The number of sulfonamides is 2. The summed E-state index contributed by atoms with van der Waals surface area (Å²) in [5.74, 6) is -0.0756. The maximum absolute atomic E-state index is 13.0. The first-order valence-electron chi connectivity index (χ1n) is 11.1. The Balaban J connectivity index is 1.50. The lowest BCUT2D eigenvalue weighted by Gasteiger charge is -2.37. The van der Waals surface area contributed by atoms with Gasteiger partial charge in [-0.25, -0.2) is 25.9 Å². The van der Waals surface area contributed by atoms with Gasteiger partial charge in [0.1, 0.15) is 0 Å². The Morgan fingerprint density at radius 3 is 2.24 bits per heavy atom. The third-order valence-electron chi connectivity index (χ3n) is 6.37. The van der Waals surface area contributed by atoms with Crippen molar-refractivity contribution in [2.75, 3.05) is 29.7 Å². The zero-order valence-corrected chi connectivity index (χ0v) is 20.2. The molecule has 10 heteroatoms. The van der Waals surface area contributed by atoms with Crippen molar-refractivity contribution < 1.29 is 21.6 Å². The Bertz CT molecular complexity index is 1190. The molecule has 1 amide bonds. The van der Waals surface area contributed by atoms with Crippen molar-refractivity contribution in [1.29, 1.82) is 0 Å². The predicted molar refractivity (Wildman–Crippen MR) is 127 cm³/mol. The van der Waals surface area contributed by atoms with Gasteiger partial charge < -0.3 is 0 Å². The Morgan fingerprint density at radius 1 is 1.03 bits per heavy atom. The van der Waals surface area contributed by atoms with Crippen molar-refractivity contribution in [2.45, 2.75) is 37.1 Å². The average Bonchev–Trinajstić information content (AvgIpc) is 3.08. The highest BCUT2D eigenvalue weighted by molar-refractivity contribution is 7.94. The zero-order chi connectivity index (χ0) is 23.6. The van der Waals surface area contributed by atoms with Crippen LogP contribution in [0.5, 0.6) is 0 Å². The van der Waals surface area contributed by atoms with E-state index in [1.807, 2.05) is 30.3 Å². The number of benzene rings is 2. The van der Waals surface area contributed by atoms with E-state index in [-0.39, 0.29) is 35.3 Å². The van der Waals surface area contributed by atoms with Gasteiger partial charge in [0.05, 0.1) is 16.3 Å². The van der Waals surface area contributed by atoms with Gasteiger partial charge >= 0.3 is 0 Å². The molecule has 0 aliphatic carbocycles. The van der Waals surface area contributed by atoms with Crippen LogP contribution < -0.4 is 9.03 Å². The lowest BCUT2D eigenvalue weighted by atomic mass is 9.96. The zero-order valence-electron chi connectivity index (χ0n) is 18.6. The fourth-order valence-corrected chi connectivity index (χ4v) is 6.87. The first-order chi connectivity index (χ1) is 15.7. The number of hydrogen-bond acceptors (Lipinski definition) is 6. The van der Waals surface area contributed by atoms with Crippen LogP contribution in [0.15, 0.2) is 59.5 Å². The third kappa shape index (κ3) is 5.29. The number of anilines is 1. The second-order valence-corrected chi connectivity index (χ2v) is 12.4. The van der Waals surface area contributed by atoms with Crippen LogP contribution in [-0.4, -0.2) is 53.0 Å². The highest BCUT2D eigenvalue weighted by Crippen LogP contribution is 2.28. The maximum Gasteiger partial charge on any atom is 0.242 e. The van der Waals surface area contributed by atoms with Gasteiger partial charge in [-0.15, -0.1) is 0 Å². The number of carbonyl (C=O) groups is 1. The lowest BCUT2D eigenvalue weighted by Crippen LogP contribution is -2.41. The van der Waals surface area contributed by atoms with Gasteiger partial charge in [0.2, 0.25) is 26.0 Å². The second-order valence-electron chi connectivity index (χ2n) is 8.71. The van der Waals surface area contributed by atoms with E-state index in [4.69, 9.17) is 0 Å². The molecule has 178 valence electrons. The van der Waals surface area contributed by atoms with Crippen LogP contribution in [0.1, 0.15) is 37.8 Å². The minimum atomic E-state index is -3.82. The molecule has 1 atom stereocenters. The molecule has 0 aromatic heterocycles. The first kappa shape index (κ1) is 23.9. The number of nitrogens with one attached hydrogen (secondary N) is 1. The van der Waals surface area contributed by atoms with E-state index < -0.39 is 26.0 Å². The molecule has 0 radical (unpaired) electrons. The summed E-state index contributed by atoms with van der Waals surface area (Å²) in [7, 11) is -7.52. The molecule has 4 rings (SSSR count). The summed E-state index contributed by atoms with van der Waals surface area (Å²) >= 11 is 0. The summed E-state index contributed by atoms with van der Waals surface area (Å²) in [5, 5.41) is 0. The summed E-state index contributed by atoms with van der Waals surface area (Å²) in [6.07, 6.45) is 2.09. The molecule has 2 heterocycles. The first-order valence-corrected chi connectivity index (χ1v) is 14.2. The van der Waals surface area contributed by atoms with E-state index >= 15 is 0 Å². The van der Waals surface area contributed by atoms with Crippen molar-refractivity contribution in [3.05, 3.63) is 60.2 Å². The van der Waals surface area contributed by atoms with Gasteiger partial charge in [-0.1, -0.05) is 37.3 Å². The second kappa shape index (κ2) is 9.54. The average molecular weight is 492 g/mol. The molecule has 0 spiro atoms. The van der Waals surface area contributed by atoms with Gasteiger partial charge in [0.15, 0.2) is 0 Å². The quantitative estimate of drug-likeness (QED) is 0.638. The molecule has 0 saturated carbocycles. The molecular weight excluding hydrogens is 462 g/mol. The van der Waals surface area contributed by atoms with Crippen LogP contribution in [0.4, 0.5) is 5.69 Å². The molecule has 0 bridgehead atoms. The van der Waals surface area contributed by atoms with Crippen molar-refractivity contribution in [2.24, 2.45) is 5.92 Å². The molecule has 33 heavy (non-hydrogen) atoms. The van der Waals surface area contributed by atoms with E-state index in [0.29, 0.717) is 5.92 Å². The molecule has 2 aromatic rings. The Hall–Kier alpha value is -2.27. The Kier molecular flexibility index (Phi) is 6.90. The van der Waals surface area contributed by atoms with E-state index in [1.165, 1.54) is 24.3 Å². The summed E-state index contributed by atoms with van der Waals surface area (Å²) in [4.78, 5) is 14.3. The molecule has 0 unspecified atom stereocenters. The van der Waals surface area contributed by atoms with Crippen molar-refractivity contribution in [3.63, 3.8) is 0 Å². The van der Waals surface area contributed by atoms with Gasteiger partial charge in [-0.05, 0) is 61.7 Å². The molecule has 2 saturated heterocycles. The number of hydrogen-bond donors (Lipinski definition) is 1. The lowest BCUT2D eigenvalue weighted by molar-refractivity contribution is -0.116. The van der Waals surface area contributed by atoms with Gasteiger partial charge in [-0.3, -0.25) is 9.69 Å². The van der Waals surface area contributed by atoms with Gasteiger partial charge in [0, 0.05) is 19.0 Å². The van der Waals surface area contributed by atoms with Gasteiger partial charge in [-0.2, -0.15) is 0 Å². The summed E-state index contributed by atoms with van der Waals surface area (Å²) in [6, 6.07) is 15.2. The number of amides is 1. The molecule has 2 fully saturated rings. The van der Waals surface area contributed by atoms with E-state index in [2.05, 4.69) is 16.5 Å². The third-order valence-corrected chi connectivity index (χ3v) is 9.50. The van der Waals surface area contributed by atoms with Crippen LogP contribution in [0.3, 0.4) is 0 Å². The van der Waals surface area contributed by atoms with Crippen LogP contribution in [-0.2, 0) is 24.8 Å². The predicted octanol–water partition coefficient (Wildman–Crippen LogP) is 2.50. The van der Waals surface area contributed by atoms with Crippen LogP contribution in [0.25, 0.3) is 0 Å². The topological polar surface area (TPSA) is 104 Å². The van der Waals surface area contributed by atoms with E-state index in [1.54, 1.807) is 0 Å². The van der Waals surface area contributed by atoms with Gasteiger partial charge in [0.25, 0.3) is 0 Å². The normalized spacial score (nSPS) is 20.8. The van der Waals surface area contributed by atoms with Crippen LogP contribution >= 0.6 is 0 Å². The molecule has 2 aliphatic heterocycles. The van der Waals surface area contributed by atoms with Crippen molar-refractivity contribution in [3.8, 4) is 0 Å². The highest BCUT2D eigenvalue weighted by Gasteiger charge is 2.36. The van der Waals surface area contributed by atoms with Crippen LogP contribution in [0.2, 0.25) is 0 Å². The minimum Gasteiger partial charge on any atom is -0.295 e. The van der Waals surface area contributed by atoms with Crippen LogP contribution in [0, 0.1) is 5.92 Å². The summed E-state index contributed by atoms with van der Waals surface area (Å²) in [5.41, 5.74) is 1.21. The molecule has 1 N–H and O–H groups in total. The van der Waals surface area contributed by atoms with E-state index in [0.717, 1.165) is 35.8 Å². The standard InChI is InChI=1S/C23H29N3O5S2/c1-18-11-14-25(15-12-18)22(19-5-3-2-4-6-19)17-24-33(30,31)21-9-7-20(8-10-21)26-23(27)13-16-32(26,28)29/h2-10,18,22,24H,11-17H2,1H3/t22-/m1/s1. The summed E-state index contributed by atoms with van der Waals surface area (Å²) in [6.45, 7) is 4.29. The molecule has 2 aliphatic rings. The van der Waals surface area contributed by atoms with Crippen molar-refractivity contribution in [1.82, 2.24) is 9.62 Å².